The van der Waals surface area contributed by atoms with E-state index in [1.165, 1.54) is 0 Å². The minimum atomic E-state index is -0.693. The summed E-state index contributed by atoms with van der Waals surface area (Å²) in [7, 11) is 0. The summed E-state index contributed by atoms with van der Waals surface area (Å²) < 4.78 is 0. The fourth-order valence-corrected chi connectivity index (χ4v) is 1.72. The molecule has 82 valence electrons. The van der Waals surface area contributed by atoms with Gasteiger partial charge in [0, 0.05) is 5.56 Å². The molecule has 2 rings (SSSR count). The minimum Gasteiger partial charge on any atom is -0.368 e. The van der Waals surface area contributed by atoms with Gasteiger partial charge in [0.2, 0.25) is 11.8 Å². The zero-order valence-corrected chi connectivity index (χ0v) is 8.47. The molecule has 16 heavy (non-hydrogen) atoms. The summed E-state index contributed by atoms with van der Waals surface area (Å²) in [5.41, 5.74) is 6.14. The van der Waals surface area contributed by atoms with Crippen molar-refractivity contribution in [3.8, 4) is 0 Å². The van der Waals surface area contributed by atoms with E-state index >= 15 is 0 Å². The van der Waals surface area contributed by atoms with E-state index < -0.39 is 11.8 Å². The standard InChI is InChI=1S/C11H10N2O3/c12-9(14)6-13-10(15)5-7-3-1-2-4-8(7)11(13)16/h1-4H,5-6H2,(H2,12,14). The van der Waals surface area contributed by atoms with Crippen molar-refractivity contribution in [1.82, 2.24) is 4.90 Å². The first-order chi connectivity index (χ1) is 7.59. The Morgan fingerprint density at radius 1 is 1.31 bits per heavy atom. The summed E-state index contributed by atoms with van der Waals surface area (Å²) in [4.78, 5) is 35.1. The Morgan fingerprint density at radius 2 is 2.00 bits per heavy atom. The van der Waals surface area contributed by atoms with Crippen molar-refractivity contribution < 1.29 is 14.4 Å². The first-order valence-electron chi connectivity index (χ1n) is 4.80. The van der Waals surface area contributed by atoms with Crippen LogP contribution in [0.5, 0.6) is 0 Å². The SMILES string of the molecule is NC(=O)CN1C(=O)Cc2ccccc2C1=O. The first kappa shape index (κ1) is 10.4. The molecule has 1 aromatic rings. The normalized spacial score (nSPS) is 14.9. The fraction of sp³-hybridized carbons (Fsp3) is 0.182. The van der Waals surface area contributed by atoms with E-state index in [1.807, 2.05) is 0 Å². The van der Waals surface area contributed by atoms with Gasteiger partial charge in [-0.2, -0.15) is 0 Å². The summed E-state index contributed by atoms with van der Waals surface area (Å²) in [5.74, 6) is -1.53. The summed E-state index contributed by atoms with van der Waals surface area (Å²) in [6.07, 6.45) is 0.134. The third-order valence-electron chi connectivity index (χ3n) is 2.45. The van der Waals surface area contributed by atoms with Crippen LogP contribution in [0, 0.1) is 0 Å². The van der Waals surface area contributed by atoms with Crippen LogP contribution in [0.15, 0.2) is 24.3 Å². The molecule has 0 bridgehead atoms. The third kappa shape index (κ3) is 1.67. The highest BCUT2D eigenvalue weighted by Crippen LogP contribution is 2.18. The lowest BCUT2D eigenvalue weighted by atomic mass is 9.98. The topological polar surface area (TPSA) is 80.5 Å². The number of benzene rings is 1. The smallest absolute Gasteiger partial charge is 0.261 e. The number of carbonyl (C=O) groups is 3. The lowest BCUT2D eigenvalue weighted by Gasteiger charge is -2.25. The summed E-state index contributed by atoms with van der Waals surface area (Å²) in [6.45, 7) is -0.355. The van der Waals surface area contributed by atoms with Crippen LogP contribution >= 0.6 is 0 Å². The molecule has 1 heterocycles. The molecule has 0 saturated heterocycles. The van der Waals surface area contributed by atoms with Gasteiger partial charge < -0.3 is 5.73 Å². The highest BCUT2D eigenvalue weighted by molar-refractivity contribution is 6.11. The molecule has 0 fully saturated rings. The van der Waals surface area contributed by atoms with Crippen LogP contribution in [0.25, 0.3) is 0 Å². The van der Waals surface area contributed by atoms with Crippen LogP contribution in [0.3, 0.4) is 0 Å². The van der Waals surface area contributed by atoms with Crippen LogP contribution in [0.4, 0.5) is 0 Å². The third-order valence-corrected chi connectivity index (χ3v) is 2.45. The molecule has 1 aliphatic heterocycles. The van der Waals surface area contributed by atoms with E-state index in [4.69, 9.17) is 5.73 Å². The number of nitrogens with zero attached hydrogens (tertiary/aromatic N) is 1. The van der Waals surface area contributed by atoms with Gasteiger partial charge in [-0.15, -0.1) is 0 Å². The predicted octanol–water partition coefficient (Wildman–Crippen LogP) is -0.303. The second-order valence-electron chi connectivity index (χ2n) is 3.59. The Morgan fingerprint density at radius 3 is 2.69 bits per heavy atom. The van der Waals surface area contributed by atoms with E-state index in [2.05, 4.69) is 0 Å². The van der Waals surface area contributed by atoms with Gasteiger partial charge in [-0.05, 0) is 11.6 Å². The Kier molecular flexibility index (Phi) is 2.44. The van der Waals surface area contributed by atoms with Gasteiger partial charge in [0.25, 0.3) is 5.91 Å². The van der Waals surface area contributed by atoms with Crippen molar-refractivity contribution >= 4 is 17.7 Å². The molecule has 5 nitrogen and oxygen atoms in total. The van der Waals surface area contributed by atoms with Crippen molar-refractivity contribution in [2.45, 2.75) is 6.42 Å². The van der Waals surface area contributed by atoms with E-state index in [0.29, 0.717) is 11.1 Å². The number of rotatable bonds is 2. The first-order valence-corrected chi connectivity index (χ1v) is 4.80. The number of primary amides is 1. The van der Waals surface area contributed by atoms with Gasteiger partial charge >= 0.3 is 0 Å². The van der Waals surface area contributed by atoms with Gasteiger partial charge in [0.05, 0.1) is 6.42 Å². The molecular weight excluding hydrogens is 208 g/mol. The average Bonchev–Trinajstić information content (AvgIpc) is 2.24. The monoisotopic (exact) mass is 218 g/mol. The number of carbonyl (C=O) groups excluding carboxylic acids is 3. The number of hydrogen-bond acceptors (Lipinski definition) is 3. The van der Waals surface area contributed by atoms with Gasteiger partial charge in [-0.1, -0.05) is 18.2 Å². The zero-order valence-electron chi connectivity index (χ0n) is 8.47. The maximum Gasteiger partial charge on any atom is 0.261 e. The molecule has 0 radical (unpaired) electrons. The highest BCUT2D eigenvalue weighted by Gasteiger charge is 2.31. The zero-order chi connectivity index (χ0) is 11.7. The molecule has 1 aliphatic rings. The maximum atomic E-state index is 11.9. The van der Waals surface area contributed by atoms with Crippen molar-refractivity contribution in [2.75, 3.05) is 6.54 Å². The Labute approximate surface area is 91.8 Å². The number of nitrogens with two attached hydrogens (primary N) is 1. The molecular formula is C11H10N2O3. The quantitative estimate of drug-likeness (QED) is 0.692. The van der Waals surface area contributed by atoms with Gasteiger partial charge in [-0.25, -0.2) is 0 Å². The minimum absolute atomic E-state index is 0.134. The molecule has 0 aliphatic carbocycles. The highest BCUT2D eigenvalue weighted by atomic mass is 16.2. The van der Waals surface area contributed by atoms with Crippen molar-refractivity contribution in [3.63, 3.8) is 0 Å². The van der Waals surface area contributed by atoms with Gasteiger partial charge in [0.1, 0.15) is 6.54 Å². The second kappa shape index (κ2) is 3.77. The largest absolute Gasteiger partial charge is 0.368 e. The van der Waals surface area contributed by atoms with E-state index in [1.54, 1.807) is 24.3 Å². The Bertz CT molecular complexity index is 482. The molecule has 5 heteroatoms. The van der Waals surface area contributed by atoms with Crippen LogP contribution in [-0.2, 0) is 16.0 Å². The number of amides is 3. The van der Waals surface area contributed by atoms with Crippen LogP contribution in [0.1, 0.15) is 15.9 Å². The number of hydrogen-bond donors (Lipinski definition) is 1. The Hall–Kier alpha value is -2.17. The Balaban J connectivity index is 2.38. The van der Waals surface area contributed by atoms with Crippen molar-refractivity contribution in [2.24, 2.45) is 5.73 Å². The molecule has 0 aromatic heterocycles. The molecule has 1 aromatic carbocycles. The summed E-state index contributed by atoms with van der Waals surface area (Å²) in [5, 5.41) is 0. The number of imide groups is 1. The average molecular weight is 218 g/mol. The van der Waals surface area contributed by atoms with E-state index in [9.17, 15) is 14.4 Å². The summed E-state index contributed by atoms with van der Waals surface area (Å²) >= 11 is 0. The van der Waals surface area contributed by atoms with Crippen molar-refractivity contribution in [3.05, 3.63) is 35.4 Å². The molecule has 0 saturated carbocycles. The van der Waals surface area contributed by atoms with Crippen LogP contribution in [-0.4, -0.2) is 29.2 Å². The molecule has 3 amide bonds. The van der Waals surface area contributed by atoms with Crippen LogP contribution in [0.2, 0.25) is 0 Å². The van der Waals surface area contributed by atoms with Crippen molar-refractivity contribution in [1.29, 1.82) is 0 Å². The second-order valence-corrected chi connectivity index (χ2v) is 3.59. The molecule has 0 atom stereocenters. The molecule has 0 spiro atoms. The fourth-order valence-electron chi connectivity index (χ4n) is 1.72. The van der Waals surface area contributed by atoms with Crippen LogP contribution < -0.4 is 5.73 Å². The lowest BCUT2D eigenvalue weighted by Crippen LogP contribution is -2.46. The predicted molar refractivity (Wildman–Crippen MR) is 55.4 cm³/mol. The maximum absolute atomic E-state index is 11.9. The summed E-state index contributed by atoms with van der Waals surface area (Å²) in [6, 6.07) is 6.85. The molecule has 2 N–H and O–H groups in total. The van der Waals surface area contributed by atoms with E-state index in [-0.39, 0.29) is 18.9 Å². The van der Waals surface area contributed by atoms with Gasteiger partial charge in [-0.3, -0.25) is 19.3 Å². The van der Waals surface area contributed by atoms with Gasteiger partial charge in [0.15, 0.2) is 0 Å². The van der Waals surface area contributed by atoms with E-state index in [0.717, 1.165) is 4.90 Å². The number of fused-ring (bicyclic) bond motifs is 1. The molecule has 0 unspecified atom stereocenters. The lowest BCUT2D eigenvalue weighted by molar-refractivity contribution is -0.132.